The van der Waals surface area contributed by atoms with Gasteiger partial charge in [-0.15, -0.1) is 0 Å². The van der Waals surface area contributed by atoms with Crippen LogP contribution in [0.4, 0.5) is 5.13 Å². The van der Waals surface area contributed by atoms with Crippen LogP contribution >= 0.6 is 35.2 Å². The molecule has 2 aromatic carbocycles. The topological polar surface area (TPSA) is 28.2 Å². The van der Waals surface area contributed by atoms with Gasteiger partial charge in [0.2, 0.25) is 0 Å². The van der Waals surface area contributed by atoms with Crippen LogP contribution in [0.3, 0.4) is 0 Å². The van der Waals surface area contributed by atoms with Crippen LogP contribution in [0.2, 0.25) is 5.02 Å². The minimum absolute atomic E-state index is 0.130. The summed E-state index contributed by atoms with van der Waals surface area (Å²) in [6.45, 7) is 3.03. The van der Waals surface area contributed by atoms with E-state index in [0.717, 1.165) is 33.6 Å². The molecule has 182 valence electrons. The van der Waals surface area contributed by atoms with E-state index < -0.39 is 0 Å². The number of rotatable bonds is 11. The number of hydrogen-bond acceptors (Lipinski definition) is 4. The predicted molar refractivity (Wildman–Crippen MR) is 152 cm³/mol. The van der Waals surface area contributed by atoms with Crippen LogP contribution in [0.15, 0.2) is 48.5 Å². The third-order valence-electron chi connectivity index (χ3n) is 6.76. The molecule has 1 heterocycles. The van der Waals surface area contributed by atoms with Crippen molar-refractivity contribution in [1.82, 2.24) is 10.3 Å². The fourth-order valence-electron chi connectivity index (χ4n) is 4.82. The van der Waals surface area contributed by atoms with Gasteiger partial charge in [0.05, 0.1) is 21.2 Å². The van der Waals surface area contributed by atoms with Gasteiger partial charge in [-0.05, 0) is 49.1 Å². The lowest BCUT2D eigenvalue weighted by Gasteiger charge is -2.35. The van der Waals surface area contributed by atoms with E-state index in [1.807, 2.05) is 12.1 Å². The molecule has 1 atom stereocenters. The Morgan fingerprint density at radius 3 is 2.59 bits per heavy atom. The molecule has 0 bridgehead atoms. The van der Waals surface area contributed by atoms with E-state index in [1.165, 1.54) is 68.1 Å². The maximum atomic E-state index is 6.18. The third kappa shape index (κ3) is 6.93. The summed E-state index contributed by atoms with van der Waals surface area (Å²) in [5.74, 6) is 0. The number of fused-ring (bicyclic) bond motifs is 1. The Labute approximate surface area is 218 Å². The monoisotopic (exact) mass is 513 g/mol. The summed E-state index contributed by atoms with van der Waals surface area (Å²) in [5.41, 5.74) is 2.28. The fourth-order valence-corrected chi connectivity index (χ4v) is 6.37. The van der Waals surface area contributed by atoms with Gasteiger partial charge in [0, 0.05) is 17.6 Å². The summed E-state index contributed by atoms with van der Waals surface area (Å²) in [6, 6.07) is 17.2. The number of thiazole rings is 1. The van der Waals surface area contributed by atoms with E-state index in [-0.39, 0.29) is 6.04 Å². The number of unbranched alkanes of at least 4 members (excludes halogenated alkanes) is 3. The molecular weight excluding hydrogens is 478 g/mol. The molecule has 6 heteroatoms. The third-order valence-corrected chi connectivity index (χ3v) is 8.47. The van der Waals surface area contributed by atoms with Crippen molar-refractivity contribution in [3.63, 3.8) is 0 Å². The lowest BCUT2D eigenvalue weighted by Crippen LogP contribution is -2.49. The summed E-state index contributed by atoms with van der Waals surface area (Å²) in [6.07, 6.45) is 12.4. The maximum absolute atomic E-state index is 6.18. The fraction of sp³-hybridized carbons (Fsp3) is 0.500. The van der Waals surface area contributed by atoms with E-state index in [4.69, 9.17) is 28.8 Å². The first-order chi connectivity index (χ1) is 16.6. The molecule has 1 aliphatic rings. The molecule has 1 saturated carbocycles. The standard InChI is InChI=1S/C28H36ClN3S2/c1-2-3-4-8-14-25(27(33)30-23-11-6-5-7-12-23)32(20-21-16-18-22(29)19-17-21)28-31-24-13-9-10-15-26(24)34-28/h9-10,13,15-19,23,25H,2-8,11-12,14,20H2,1H3,(H,30,33). The number of para-hydroxylation sites is 1. The van der Waals surface area contributed by atoms with Gasteiger partial charge in [0.15, 0.2) is 5.13 Å². The van der Waals surface area contributed by atoms with Gasteiger partial charge in [0.25, 0.3) is 0 Å². The van der Waals surface area contributed by atoms with Crippen LogP contribution in [0.25, 0.3) is 10.2 Å². The van der Waals surface area contributed by atoms with Gasteiger partial charge < -0.3 is 10.2 Å². The SMILES string of the molecule is CCCCCCC(C(=S)NC1CCCCC1)N(Cc1ccc(Cl)cc1)c1nc2ccccc2s1. The Morgan fingerprint density at radius 2 is 1.85 bits per heavy atom. The number of hydrogen-bond donors (Lipinski definition) is 1. The molecule has 0 radical (unpaired) electrons. The van der Waals surface area contributed by atoms with Gasteiger partial charge in [-0.1, -0.05) is 111 Å². The molecule has 0 aliphatic heterocycles. The Kier molecular flexibility index (Phi) is 9.60. The van der Waals surface area contributed by atoms with Gasteiger partial charge in [-0.2, -0.15) is 0 Å². The van der Waals surface area contributed by atoms with Crippen molar-refractivity contribution in [2.75, 3.05) is 4.90 Å². The smallest absolute Gasteiger partial charge is 0.187 e. The van der Waals surface area contributed by atoms with Crippen molar-refractivity contribution in [2.24, 2.45) is 0 Å². The lowest BCUT2D eigenvalue weighted by molar-refractivity contribution is 0.410. The van der Waals surface area contributed by atoms with E-state index in [1.54, 1.807) is 11.3 Å². The summed E-state index contributed by atoms with van der Waals surface area (Å²) < 4.78 is 1.22. The Bertz CT molecular complexity index is 1010. The van der Waals surface area contributed by atoms with E-state index in [0.29, 0.717) is 6.04 Å². The average Bonchev–Trinajstić information content (AvgIpc) is 3.29. The van der Waals surface area contributed by atoms with Crippen molar-refractivity contribution in [1.29, 1.82) is 0 Å². The number of aromatic nitrogens is 1. The number of halogens is 1. The van der Waals surface area contributed by atoms with Crippen molar-refractivity contribution in [3.05, 3.63) is 59.1 Å². The van der Waals surface area contributed by atoms with Crippen LogP contribution in [0.1, 0.15) is 76.7 Å². The molecule has 0 spiro atoms. The number of thiocarbonyl (C=S) groups is 1. The number of nitrogens with zero attached hydrogens (tertiary/aromatic N) is 2. The Balaban J connectivity index is 1.64. The molecule has 1 aromatic heterocycles. The minimum atomic E-state index is 0.130. The molecule has 3 aromatic rings. The van der Waals surface area contributed by atoms with Crippen molar-refractivity contribution in [2.45, 2.75) is 89.8 Å². The second-order valence-corrected chi connectivity index (χ2v) is 11.3. The van der Waals surface area contributed by atoms with Gasteiger partial charge in [-0.3, -0.25) is 0 Å². The van der Waals surface area contributed by atoms with Crippen molar-refractivity contribution in [3.8, 4) is 0 Å². The van der Waals surface area contributed by atoms with E-state index in [2.05, 4.69) is 53.5 Å². The zero-order chi connectivity index (χ0) is 23.8. The zero-order valence-corrected chi connectivity index (χ0v) is 22.5. The molecule has 1 N–H and O–H groups in total. The maximum Gasteiger partial charge on any atom is 0.187 e. The quantitative estimate of drug-likeness (QED) is 0.205. The predicted octanol–water partition coefficient (Wildman–Crippen LogP) is 8.55. The minimum Gasteiger partial charge on any atom is -0.375 e. The molecule has 0 amide bonds. The molecule has 3 nitrogen and oxygen atoms in total. The summed E-state index contributed by atoms with van der Waals surface area (Å²) in [7, 11) is 0. The molecule has 0 saturated heterocycles. The highest BCUT2D eigenvalue weighted by Crippen LogP contribution is 2.33. The Morgan fingerprint density at radius 1 is 1.09 bits per heavy atom. The summed E-state index contributed by atoms with van der Waals surface area (Å²) in [5, 5.41) is 5.59. The molecule has 1 fully saturated rings. The molecule has 4 rings (SSSR count). The average molecular weight is 514 g/mol. The number of benzene rings is 2. The van der Waals surface area contributed by atoms with Crippen LogP contribution in [-0.4, -0.2) is 22.1 Å². The highest BCUT2D eigenvalue weighted by Gasteiger charge is 2.27. The van der Waals surface area contributed by atoms with Crippen LogP contribution in [0.5, 0.6) is 0 Å². The normalized spacial score (nSPS) is 15.4. The van der Waals surface area contributed by atoms with Crippen molar-refractivity contribution < 1.29 is 0 Å². The van der Waals surface area contributed by atoms with Crippen LogP contribution in [0, 0.1) is 0 Å². The Hall–Kier alpha value is -1.69. The lowest BCUT2D eigenvalue weighted by atomic mass is 9.95. The largest absolute Gasteiger partial charge is 0.375 e. The van der Waals surface area contributed by atoms with E-state index >= 15 is 0 Å². The first-order valence-corrected chi connectivity index (χ1v) is 14.4. The molecule has 1 unspecified atom stereocenters. The molecule has 1 aliphatic carbocycles. The van der Waals surface area contributed by atoms with Gasteiger partial charge >= 0.3 is 0 Å². The molecule has 34 heavy (non-hydrogen) atoms. The zero-order valence-electron chi connectivity index (χ0n) is 20.1. The van der Waals surface area contributed by atoms with Crippen molar-refractivity contribution >= 4 is 55.5 Å². The molecular formula is C28H36ClN3S2. The van der Waals surface area contributed by atoms with Crippen LogP contribution < -0.4 is 10.2 Å². The number of nitrogens with one attached hydrogen (secondary N) is 1. The summed E-state index contributed by atoms with van der Waals surface area (Å²) >= 11 is 14.1. The summed E-state index contributed by atoms with van der Waals surface area (Å²) in [4.78, 5) is 8.48. The second-order valence-electron chi connectivity index (χ2n) is 9.43. The highest BCUT2D eigenvalue weighted by atomic mass is 35.5. The first kappa shape index (κ1) is 25.4. The van der Waals surface area contributed by atoms with E-state index in [9.17, 15) is 0 Å². The van der Waals surface area contributed by atoms with Gasteiger partial charge in [-0.25, -0.2) is 4.98 Å². The second kappa shape index (κ2) is 12.9. The number of anilines is 1. The van der Waals surface area contributed by atoms with Crippen LogP contribution in [-0.2, 0) is 6.54 Å². The van der Waals surface area contributed by atoms with Gasteiger partial charge in [0.1, 0.15) is 0 Å². The first-order valence-electron chi connectivity index (χ1n) is 12.8. The highest BCUT2D eigenvalue weighted by molar-refractivity contribution is 7.80.